The third kappa shape index (κ3) is 2.67. The molecule has 0 spiro atoms. The average molecular weight is 249 g/mol. The summed E-state index contributed by atoms with van der Waals surface area (Å²) in [5, 5.41) is 4.23. The van der Waals surface area contributed by atoms with E-state index in [-0.39, 0.29) is 0 Å². The summed E-state index contributed by atoms with van der Waals surface area (Å²) >= 11 is 0. The molecule has 5 nitrogen and oxygen atoms in total. The highest BCUT2D eigenvalue weighted by molar-refractivity contribution is 5.30. The molecule has 0 aliphatic carbocycles. The largest absolute Gasteiger partial charge is 0.396 e. The monoisotopic (exact) mass is 249 g/mol. The predicted octanol–water partition coefficient (Wildman–Crippen LogP) is 0.635. The maximum Gasteiger partial charge on any atom is 0.0719 e. The molecule has 0 radical (unpaired) electrons. The SMILES string of the molecule is Nc1cnn(CCN2CCC(N3CCCC3)C2)c1. The number of rotatable bonds is 4. The van der Waals surface area contributed by atoms with Crippen LogP contribution in [0.3, 0.4) is 0 Å². The van der Waals surface area contributed by atoms with Gasteiger partial charge in [0.2, 0.25) is 0 Å². The quantitative estimate of drug-likeness (QED) is 0.850. The summed E-state index contributed by atoms with van der Waals surface area (Å²) < 4.78 is 1.94. The van der Waals surface area contributed by atoms with Crippen molar-refractivity contribution in [2.45, 2.75) is 31.8 Å². The Morgan fingerprint density at radius 2 is 2.06 bits per heavy atom. The summed E-state index contributed by atoms with van der Waals surface area (Å²) in [7, 11) is 0. The molecular weight excluding hydrogens is 226 g/mol. The van der Waals surface area contributed by atoms with Gasteiger partial charge in [0.05, 0.1) is 18.4 Å². The van der Waals surface area contributed by atoms with Crippen LogP contribution in [0, 0.1) is 0 Å². The highest BCUT2D eigenvalue weighted by Gasteiger charge is 2.28. The van der Waals surface area contributed by atoms with Gasteiger partial charge in [-0.15, -0.1) is 0 Å². The van der Waals surface area contributed by atoms with Crippen LogP contribution in [0.2, 0.25) is 0 Å². The number of nitrogens with zero attached hydrogens (tertiary/aromatic N) is 4. The Bertz CT molecular complexity index is 382. The van der Waals surface area contributed by atoms with Gasteiger partial charge in [0.15, 0.2) is 0 Å². The van der Waals surface area contributed by atoms with Gasteiger partial charge in [-0.3, -0.25) is 14.5 Å². The molecule has 0 saturated carbocycles. The van der Waals surface area contributed by atoms with Crippen molar-refractivity contribution in [1.29, 1.82) is 0 Å². The van der Waals surface area contributed by atoms with E-state index >= 15 is 0 Å². The highest BCUT2D eigenvalue weighted by Crippen LogP contribution is 2.20. The molecule has 0 bridgehead atoms. The lowest BCUT2D eigenvalue weighted by Crippen LogP contribution is -2.36. The number of hydrogen-bond acceptors (Lipinski definition) is 4. The summed E-state index contributed by atoms with van der Waals surface area (Å²) in [6, 6.07) is 0.801. The van der Waals surface area contributed by atoms with Crippen LogP contribution < -0.4 is 5.73 Å². The topological polar surface area (TPSA) is 50.3 Å². The zero-order valence-corrected chi connectivity index (χ0v) is 11.0. The lowest BCUT2D eigenvalue weighted by atomic mass is 10.2. The maximum atomic E-state index is 5.66. The molecule has 1 aromatic rings. The van der Waals surface area contributed by atoms with Gasteiger partial charge in [-0.05, 0) is 38.9 Å². The minimum Gasteiger partial charge on any atom is -0.396 e. The van der Waals surface area contributed by atoms with E-state index in [9.17, 15) is 0 Å². The van der Waals surface area contributed by atoms with Crippen LogP contribution in [0.25, 0.3) is 0 Å². The molecule has 2 N–H and O–H groups in total. The van der Waals surface area contributed by atoms with Gasteiger partial charge in [-0.1, -0.05) is 0 Å². The van der Waals surface area contributed by atoms with Crippen LogP contribution in [0.4, 0.5) is 5.69 Å². The molecule has 5 heteroatoms. The van der Waals surface area contributed by atoms with Crippen molar-refractivity contribution in [2.24, 2.45) is 0 Å². The number of aromatic nitrogens is 2. The minimum absolute atomic E-state index is 0.756. The fourth-order valence-electron chi connectivity index (χ4n) is 3.17. The first-order valence-corrected chi connectivity index (χ1v) is 7.05. The fourth-order valence-corrected chi connectivity index (χ4v) is 3.17. The maximum absolute atomic E-state index is 5.66. The average Bonchev–Trinajstić information content (AvgIpc) is 3.07. The van der Waals surface area contributed by atoms with Crippen LogP contribution in [-0.4, -0.2) is 58.3 Å². The Morgan fingerprint density at radius 3 is 2.78 bits per heavy atom. The number of likely N-dealkylation sites (tertiary alicyclic amines) is 2. The Labute approximate surface area is 109 Å². The summed E-state index contributed by atoms with van der Waals surface area (Å²) in [6.07, 6.45) is 7.75. The van der Waals surface area contributed by atoms with Crippen molar-refractivity contribution in [3.63, 3.8) is 0 Å². The molecule has 3 rings (SSSR count). The normalized spacial score (nSPS) is 26.1. The van der Waals surface area contributed by atoms with Crippen molar-refractivity contribution in [3.05, 3.63) is 12.4 Å². The van der Waals surface area contributed by atoms with E-state index in [4.69, 9.17) is 5.73 Å². The second kappa shape index (κ2) is 5.28. The van der Waals surface area contributed by atoms with Crippen molar-refractivity contribution >= 4 is 5.69 Å². The van der Waals surface area contributed by atoms with Crippen molar-refractivity contribution in [1.82, 2.24) is 19.6 Å². The molecule has 2 aliphatic heterocycles. The summed E-state index contributed by atoms with van der Waals surface area (Å²) in [5.74, 6) is 0. The Kier molecular flexibility index (Phi) is 3.52. The summed E-state index contributed by atoms with van der Waals surface area (Å²) in [6.45, 7) is 7.13. The van der Waals surface area contributed by atoms with E-state index in [2.05, 4.69) is 14.9 Å². The van der Waals surface area contributed by atoms with E-state index in [0.717, 1.165) is 24.8 Å². The highest BCUT2D eigenvalue weighted by atomic mass is 15.3. The Hall–Kier alpha value is -1.07. The fraction of sp³-hybridized carbons (Fsp3) is 0.769. The molecule has 0 amide bonds. The van der Waals surface area contributed by atoms with Gasteiger partial charge >= 0.3 is 0 Å². The van der Waals surface area contributed by atoms with Gasteiger partial charge in [0, 0.05) is 25.3 Å². The van der Waals surface area contributed by atoms with Gasteiger partial charge in [0.1, 0.15) is 0 Å². The molecule has 0 aromatic carbocycles. The van der Waals surface area contributed by atoms with E-state index in [1.807, 2.05) is 10.9 Å². The molecule has 2 saturated heterocycles. The number of anilines is 1. The number of nitrogens with two attached hydrogens (primary N) is 1. The zero-order valence-electron chi connectivity index (χ0n) is 11.0. The smallest absolute Gasteiger partial charge is 0.0719 e. The van der Waals surface area contributed by atoms with Crippen LogP contribution >= 0.6 is 0 Å². The van der Waals surface area contributed by atoms with Crippen molar-refractivity contribution < 1.29 is 0 Å². The summed E-state index contributed by atoms with van der Waals surface area (Å²) in [4.78, 5) is 5.23. The first-order valence-electron chi connectivity index (χ1n) is 7.05. The molecule has 2 fully saturated rings. The minimum atomic E-state index is 0.756. The van der Waals surface area contributed by atoms with Crippen LogP contribution in [0.5, 0.6) is 0 Å². The standard InChI is InChI=1S/C13H23N5/c14-12-9-15-18(10-12)8-7-16-6-3-13(11-16)17-4-1-2-5-17/h9-10,13H,1-8,11,14H2. The molecular formula is C13H23N5. The second-order valence-electron chi connectivity index (χ2n) is 5.52. The molecule has 1 unspecified atom stereocenters. The second-order valence-corrected chi connectivity index (χ2v) is 5.52. The lowest BCUT2D eigenvalue weighted by molar-refractivity contribution is 0.228. The Balaban J connectivity index is 1.44. The van der Waals surface area contributed by atoms with Gasteiger partial charge in [-0.25, -0.2) is 0 Å². The first-order chi connectivity index (χ1) is 8.81. The van der Waals surface area contributed by atoms with E-state index < -0.39 is 0 Å². The molecule has 18 heavy (non-hydrogen) atoms. The van der Waals surface area contributed by atoms with E-state index in [0.29, 0.717) is 0 Å². The van der Waals surface area contributed by atoms with Crippen molar-refractivity contribution in [3.8, 4) is 0 Å². The number of nitrogen functional groups attached to an aromatic ring is 1. The third-order valence-corrected chi connectivity index (χ3v) is 4.20. The van der Waals surface area contributed by atoms with Gasteiger partial charge in [-0.2, -0.15) is 5.10 Å². The predicted molar refractivity (Wildman–Crippen MR) is 72.3 cm³/mol. The molecule has 3 heterocycles. The van der Waals surface area contributed by atoms with Gasteiger partial charge < -0.3 is 5.73 Å². The molecule has 100 valence electrons. The van der Waals surface area contributed by atoms with E-state index in [1.54, 1.807) is 6.20 Å². The third-order valence-electron chi connectivity index (χ3n) is 4.20. The van der Waals surface area contributed by atoms with Crippen LogP contribution in [-0.2, 0) is 6.54 Å². The van der Waals surface area contributed by atoms with Crippen molar-refractivity contribution in [2.75, 3.05) is 38.5 Å². The first kappa shape index (κ1) is 12.0. The van der Waals surface area contributed by atoms with Crippen LogP contribution in [0.1, 0.15) is 19.3 Å². The number of hydrogen-bond donors (Lipinski definition) is 1. The molecule has 1 aromatic heterocycles. The molecule has 1 atom stereocenters. The zero-order chi connectivity index (χ0) is 12.4. The molecule has 2 aliphatic rings. The lowest BCUT2D eigenvalue weighted by Gasteiger charge is -2.23. The van der Waals surface area contributed by atoms with Gasteiger partial charge in [0.25, 0.3) is 0 Å². The Morgan fingerprint density at radius 1 is 1.22 bits per heavy atom. The summed E-state index contributed by atoms with van der Waals surface area (Å²) in [5.41, 5.74) is 6.42. The van der Waals surface area contributed by atoms with Crippen LogP contribution in [0.15, 0.2) is 12.4 Å². The van der Waals surface area contributed by atoms with E-state index in [1.165, 1.54) is 45.4 Å².